The van der Waals surface area contributed by atoms with E-state index in [0.717, 1.165) is 20.8 Å². The summed E-state index contributed by atoms with van der Waals surface area (Å²) in [6, 6.07) is 12.0. The Kier molecular flexibility index (Phi) is 5.43. The van der Waals surface area contributed by atoms with Crippen LogP contribution in [-0.4, -0.2) is 51.8 Å². The topological polar surface area (TPSA) is 55.3 Å². The highest BCUT2D eigenvalue weighted by Crippen LogP contribution is 2.30. The zero-order valence-electron chi connectivity index (χ0n) is 15.3. The smallest absolute Gasteiger partial charge is 0.233 e. The third-order valence-corrected chi connectivity index (χ3v) is 6.26. The van der Waals surface area contributed by atoms with Gasteiger partial charge in [0, 0.05) is 18.5 Å². The highest BCUT2D eigenvalue weighted by atomic mass is 32.2. The number of amides is 1. The number of thiophene rings is 1. The maximum absolute atomic E-state index is 12.7. The molecule has 1 fully saturated rings. The molecule has 27 heavy (non-hydrogen) atoms. The first-order valence-corrected chi connectivity index (χ1v) is 10.8. The molecular formula is C20H21N3O2S2. The van der Waals surface area contributed by atoms with Crippen LogP contribution in [0.5, 0.6) is 0 Å². The lowest BCUT2D eigenvalue weighted by Gasteiger charge is -2.35. The van der Waals surface area contributed by atoms with Gasteiger partial charge in [0.1, 0.15) is 5.03 Å². The van der Waals surface area contributed by atoms with Gasteiger partial charge >= 0.3 is 0 Å². The van der Waals surface area contributed by atoms with Crippen molar-refractivity contribution in [2.75, 3.05) is 18.8 Å². The van der Waals surface area contributed by atoms with Crippen LogP contribution in [0, 0.1) is 0 Å². The Bertz CT molecular complexity index is 936. The van der Waals surface area contributed by atoms with E-state index >= 15 is 0 Å². The summed E-state index contributed by atoms with van der Waals surface area (Å²) in [6.07, 6.45) is 0.154. The summed E-state index contributed by atoms with van der Waals surface area (Å²) in [5, 5.41) is 3.86. The van der Waals surface area contributed by atoms with Crippen LogP contribution in [-0.2, 0) is 9.53 Å². The van der Waals surface area contributed by atoms with E-state index in [1.54, 1.807) is 11.3 Å². The van der Waals surface area contributed by atoms with E-state index in [1.165, 1.54) is 11.8 Å². The van der Waals surface area contributed by atoms with E-state index in [2.05, 4.69) is 4.98 Å². The van der Waals surface area contributed by atoms with Gasteiger partial charge in [-0.25, -0.2) is 9.97 Å². The van der Waals surface area contributed by atoms with Gasteiger partial charge in [0.2, 0.25) is 5.91 Å². The largest absolute Gasteiger partial charge is 0.372 e. The molecule has 1 aromatic carbocycles. The fourth-order valence-corrected chi connectivity index (χ4v) is 4.86. The van der Waals surface area contributed by atoms with Crippen LogP contribution in [0.1, 0.15) is 13.8 Å². The van der Waals surface area contributed by atoms with Gasteiger partial charge in [-0.3, -0.25) is 4.79 Å². The molecule has 0 aliphatic carbocycles. The number of hydrogen-bond acceptors (Lipinski definition) is 6. The SMILES string of the molecule is C[C@@H]1CN(C(=O)CSc2nc(-c3cccs3)nc3ccccc23)C[C@@H](C)O1. The molecule has 2 aromatic heterocycles. The molecule has 1 aliphatic rings. The number of morpholine rings is 1. The van der Waals surface area contributed by atoms with Gasteiger partial charge in [-0.2, -0.15) is 0 Å². The zero-order valence-corrected chi connectivity index (χ0v) is 16.9. The van der Waals surface area contributed by atoms with Crippen molar-refractivity contribution in [1.29, 1.82) is 0 Å². The Labute approximate surface area is 166 Å². The van der Waals surface area contributed by atoms with Crippen molar-refractivity contribution < 1.29 is 9.53 Å². The Balaban J connectivity index is 1.57. The number of nitrogens with zero attached hydrogens (tertiary/aromatic N) is 3. The average Bonchev–Trinajstić information content (AvgIpc) is 3.19. The van der Waals surface area contributed by atoms with Crippen molar-refractivity contribution in [3.05, 3.63) is 41.8 Å². The van der Waals surface area contributed by atoms with Crippen molar-refractivity contribution in [3.63, 3.8) is 0 Å². The molecule has 0 bridgehead atoms. The predicted octanol–water partition coefficient (Wildman–Crippen LogP) is 4.09. The maximum atomic E-state index is 12.7. The first kappa shape index (κ1) is 18.4. The first-order valence-electron chi connectivity index (χ1n) is 8.97. The summed E-state index contributed by atoms with van der Waals surface area (Å²) in [6.45, 7) is 5.31. The third-order valence-electron chi connectivity index (χ3n) is 4.41. The number of aromatic nitrogens is 2. The second kappa shape index (κ2) is 7.96. The Morgan fingerprint density at radius 3 is 2.70 bits per heavy atom. The quantitative estimate of drug-likeness (QED) is 0.489. The van der Waals surface area contributed by atoms with Crippen LogP contribution in [0.3, 0.4) is 0 Å². The minimum atomic E-state index is 0.0769. The van der Waals surface area contributed by atoms with Gasteiger partial charge < -0.3 is 9.64 Å². The summed E-state index contributed by atoms with van der Waals surface area (Å²) in [5.41, 5.74) is 0.902. The van der Waals surface area contributed by atoms with Crippen LogP contribution in [0.2, 0.25) is 0 Å². The summed E-state index contributed by atoms with van der Waals surface area (Å²) in [4.78, 5) is 25.1. The number of carbonyl (C=O) groups is 1. The molecule has 3 aromatic rings. The van der Waals surface area contributed by atoms with E-state index < -0.39 is 0 Å². The van der Waals surface area contributed by atoms with Gasteiger partial charge in [-0.05, 0) is 31.4 Å². The number of benzene rings is 1. The van der Waals surface area contributed by atoms with E-state index in [1.807, 2.05) is 60.5 Å². The highest BCUT2D eigenvalue weighted by molar-refractivity contribution is 8.00. The van der Waals surface area contributed by atoms with Gasteiger partial charge in [-0.15, -0.1) is 11.3 Å². The predicted molar refractivity (Wildman–Crippen MR) is 110 cm³/mol. The second-order valence-corrected chi connectivity index (χ2v) is 8.60. The van der Waals surface area contributed by atoms with Gasteiger partial charge in [0.05, 0.1) is 28.4 Å². The molecule has 0 radical (unpaired) electrons. The van der Waals surface area contributed by atoms with Crippen molar-refractivity contribution in [3.8, 4) is 10.7 Å². The van der Waals surface area contributed by atoms with E-state index in [4.69, 9.17) is 9.72 Å². The summed E-state index contributed by atoms with van der Waals surface area (Å²) in [7, 11) is 0. The minimum absolute atomic E-state index is 0.0769. The van der Waals surface area contributed by atoms with Crippen LogP contribution >= 0.6 is 23.1 Å². The zero-order chi connectivity index (χ0) is 18.8. The summed E-state index contributed by atoms with van der Waals surface area (Å²) in [5.74, 6) is 1.21. The lowest BCUT2D eigenvalue weighted by Crippen LogP contribution is -2.48. The molecule has 1 amide bonds. The standard InChI is InChI=1S/C20H21N3O2S2/c1-13-10-23(11-14(2)25-13)18(24)12-27-20-15-6-3-4-7-16(15)21-19(22-20)17-8-5-9-26-17/h3-9,13-14H,10-12H2,1-2H3/t13-,14-/m1/s1. The Morgan fingerprint density at radius 1 is 1.19 bits per heavy atom. The second-order valence-electron chi connectivity index (χ2n) is 6.69. The molecule has 0 unspecified atom stereocenters. The van der Waals surface area contributed by atoms with E-state index in [0.29, 0.717) is 24.7 Å². The molecule has 140 valence electrons. The Hall–Kier alpha value is -1.96. The lowest BCUT2D eigenvalue weighted by molar-refractivity contribution is -0.140. The van der Waals surface area contributed by atoms with Crippen molar-refractivity contribution in [2.24, 2.45) is 0 Å². The monoisotopic (exact) mass is 399 g/mol. The van der Waals surface area contributed by atoms with Crippen LogP contribution in [0.15, 0.2) is 46.8 Å². The molecule has 0 N–H and O–H groups in total. The molecule has 0 saturated carbocycles. The van der Waals surface area contributed by atoms with E-state index in [-0.39, 0.29) is 18.1 Å². The number of rotatable bonds is 4. The molecule has 4 rings (SSSR count). The molecule has 3 heterocycles. The molecule has 0 spiro atoms. The van der Waals surface area contributed by atoms with Gasteiger partial charge in [0.15, 0.2) is 5.82 Å². The molecule has 2 atom stereocenters. The van der Waals surface area contributed by atoms with Crippen LogP contribution in [0.4, 0.5) is 0 Å². The molecule has 1 saturated heterocycles. The number of thioether (sulfide) groups is 1. The lowest BCUT2D eigenvalue weighted by atomic mass is 10.2. The number of fused-ring (bicyclic) bond motifs is 1. The summed E-state index contributed by atoms with van der Waals surface area (Å²) < 4.78 is 5.72. The van der Waals surface area contributed by atoms with Crippen LogP contribution in [0.25, 0.3) is 21.6 Å². The number of carbonyl (C=O) groups excluding carboxylic acids is 1. The fourth-order valence-electron chi connectivity index (χ4n) is 3.28. The number of hydrogen-bond donors (Lipinski definition) is 0. The van der Waals surface area contributed by atoms with E-state index in [9.17, 15) is 4.79 Å². The van der Waals surface area contributed by atoms with Crippen molar-refractivity contribution in [1.82, 2.24) is 14.9 Å². The molecule has 1 aliphatic heterocycles. The van der Waals surface area contributed by atoms with Gasteiger partial charge in [-0.1, -0.05) is 36.0 Å². The average molecular weight is 400 g/mol. The van der Waals surface area contributed by atoms with Crippen LogP contribution < -0.4 is 0 Å². The minimum Gasteiger partial charge on any atom is -0.372 e. The maximum Gasteiger partial charge on any atom is 0.233 e. The van der Waals surface area contributed by atoms with Crippen molar-refractivity contribution in [2.45, 2.75) is 31.1 Å². The van der Waals surface area contributed by atoms with Gasteiger partial charge in [0.25, 0.3) is 0 Å². The number of para-hydroxylation sites is 1. The molecular weight excluding hydrogens is 378 g/mol. The normalized spacial score (nSPS) is 20.1. The first-order chi connectivity index (χ1) is 13.1. The molecule has 5 nitrogen and oxygen atoms in total. The van der Waals surface area contributed by atoms with Crippen molar-refractivity contribution >= 4 is 39.9 Å². The Morgan fingerprint density at radius 2 is 1.96 bits per heavy atom. The third kappa shape index (κ3) is 4.15. The molecule has 7 heteroatoms. The fraction of sp³-hybridized carbons (Fsp3) is 0.350. The highest BCUT2D eigenvalue weighted by Gasteiger charge is 2.26. The summed E-state index contributed by atoms with van der Waals surface area (Å²) >= 11 is 3.10. The number of ether oxygens (including phenoxy) is 1.